The summed E-state index contributed by atoms with van der Waals surface area (Å²) in [6, 6.07) is 0. The van der Waals surface area contributed by atoms with Crippen molar-refractivity contribution in [3.8, 4) is 0 Å². The first kappa shape index (κ1) is 88.1. The molecule has 0 aromatic rings. The molecule has 0 aromatic heterocycles. The Balaban J connectivity index is 5.25. The SMILES string of the molecule is CCCCCCCCCCCCCCCCC(=O)OC[C@H](COP(=O)(O)OC[C@@H](O)COP(=O)(O)OC[C@@H](COC(=O)CCCCCCCCC(C)CC)OC(=O)CCCCCCCCC(C)CC)OC(=O)CCCCCCCCCCCCCCCC(C)C. The second-order valence-electron chi connectivity index (χ2n) is 26.6. The van der Waals surface area contributed by atoms with Gasteiger partial charge in [-0.1, -0.05) is 305 Å². The number of carbonyl (C=O) groups excluding carboxylic acids is 4. The number of hydrogen-bond donors (Lipinski definition) is 3. The topological polar surface area (TPSA) is 237 Å². The molecule has 534 valence electrons. The molecule has 0 radical (unpaired) electrons. The highest BCUT2D eigenvalue weighted by atomic mass is 31.2. The van der Waals surface area contributed by atoms with E-state index >= 15 is 0 Å². The average molecular weight is 1330 g/mol. The summed E-state index contributed by atoms with van der Waals surface area (Å²) in [4.78, 5) is 72.6. The predicted molar refractivity (Wildman–Crippen MR) is 363 cm³/mol. The summed E-state index contributed by atoms with van der Waals surface area (Å²) >= 11 is 0. The van der Waals surface area contributed by atoms with Gasteiger partial charge in [-0.3, -0.25) is 37.3 Å². The van der Waals surface area contributed by atoms with Crippen LogP contribution in [0.4, 0.5) is 0 Å². The van der Waals surface area contributed by atoms with Gasteiger partial charge in [-0.15, -0.1) is 0 Å². The Hall–Kier alpha value is -1.94. The summed E-state index contributed by atoms with van der Waals surface area (Å²) in [5.41, 5.74) is 0. The van der Waals surface area contributed by atoms with E-state index in [0.29, 0.717) is 25.7 Å². The molecule has 0 heterocycles. The first-order valence-corrected chi connectivity index (χ1v) is 39.9. The van der Waals surface area contributed by atoms with Crippen molar-refractivity contribution in [1.29, 1.82) is 0 Å². The third-order valence-corrected chi connectivity index (χ3v) is 19.0. The zero-order valence-corrected chi connectivity index (χ0v) is 60.4. The molecule has 0 aromatic carbocycles. The molecule has 0 aliphatic carbocycles. The van der Waals surface area contributed by atoms with Gasteiger partial charge >= 0.3 is 39.5 Å². The molecule has 0 aliphatic rings. The van der Waals surface area contributed by atoms with Crippen LogP contribution in [0.2, 0.25) is 0 Å². The van der Waals surface area contributed by atoms with Crippen LogP contribution in [-0.4, -0.2) is 96.7 Å². The number of esters is 4. The molecule has 0 fully saturated rings. The van der Waals surface area contributed by atoms with Crippen molar-refractivity contribution in [2.45, 2.75) is 375 Å². The van der Waals surface area contributed by atoms with Crippen molar-refractivity contribution in [3.63, 3.8) is 0 Å². The molecule has 0 aliphatic heterocycles. The van der Waals surface area contributed by atoms with Crippen LogP contribution < -0.4 is 0 Å². The zero-order chi connectivity index (χ0) is 66.6. The fourth-order valence-electron chi connectivity index (χ4n) is 10.7. The van der Waals surface area contributed by atoms with Gasteiger partial charge in [0.05, 0.1) is 26.4 Å². The van der Waals surface area contributed by atoms with E-state index in [-0.39, 0.29) is 25.7 Å². The molecule has 90 heavy (non-hydrogen) atoms. The van der Waals surface area contributed by atoms with Crippen molar-refractivity contribution < 1.29 is 80.2 Å². The lowest BCUT2D eigenvalue weighted by Crippen LogP contribution is -2.30. The third-order valence-electron chi connectivity index (χ3n) is 17.1. The van der Waals surface area contributed by atoms with E-state index in [1.807, 2.05) is 0 Å². The molecule has 0 amide bonds. The monoisotopic (exact) mass is 1320 g/mol. The van der Waals surface area contributed by atoms with Gasteiger partial charge in [0.2, 0.25) is 0 Å². The van der Waals surface area contributed by atoms with E-state index in [1.54, 1.807) is 0 Å². The molecule has 7 atom stereocenters. The van der Waals surface area contributed by atoms with Gasteiger partial charge in [-0.2, -0.15) is 0 Å². The Morgan fingerprint density at radius 3 is 0.844 bits per heavy atom. The predicted octanol–water partition coefficient (Wildman–Crippen LogP) is 20.2. The quantitative estimate of drug-likeness (QED) is 0.0222. The number of aliphatic hydroxyl groups is 1. The van der Waals surface area contributed by atoms with Crippen LogP contribution in [0, 0.1) is 17.8 Å². The van der Waals surface area contributed by atoms with Crippen molar-refractivity contribution >= 4 is 39.5 Å². The molecule has 17 nitrogen and oxygen atoms in total. The Morgan fingerprint density at radius 2 is 0.567 bits per heavy atom. The van der Waals surface area contributed by atoms with Gasteiger partial charge in [-0.25, -0.2) is 9.13 Å². The van der Waals surface area contributed by atoms with Crippen molar-refractivity contribution in [3.05, 3.63) is 0 Å². The lowest BCUT2D eigenvalue weighted by Gasteiger charge is -2.21. The standard InChI is InChI=1S/C71H138O17P2/c1-8-11-12-13-14-15-16-17-20-23-26-29-38-45-52-68(73)81-58-66(87-70(75)54-47-40-30-27-24-21-18-19-22-25-28-35-42-49-62(4)5)60-85-89(77,78)83-56-65(72)57-84-90(79,80)86-61-67(88-71(76)55-48-41-34-32-37-44-51-64(7)10-3)59-82-69(74)53-46-39-33-31-36-43-50-63(6)9-2/h62-67,72H,8-61H2,1-7H3,(H,77,78)(H,79,80)/t63?,64?,65-,66-,67-/m1/s1. The second-order valence-corrected chi connectivity index (χ2v) is 29.5. The Morgan fingerprint density at radius 1 is 0.322 bits per heavy atom. The van der Waals surface area contributed by atoms with Gasteiger partial charge in [0.15, 0.2) is 12.2 Å². The number of ether oxygens (including phenoxy) is 4. The summed E-state index contributed by atoms with van der Waals surface area (Å²) in [5.74, 6) is 0.110. The number of rotatable bonds is 69. The molecule has 4 unspecified atom stereocenters. The van der Waals surface area contributed by atoms with Crippen molar-refractivity contribution in [1.82, 2.24) is 0 Å². The number of aliphatic hydroxyl groups excluding tert-OH is 1. The van der Waals surface area contributed by atoms with Crippen LogP contribution in [0.5, 0.6) is 0 Å². The van der Waals surface area contributed by atoms with Crippen LogP contribution >= 0.6 is 15.6 Å². The Bertz CT molecular complexity index is 1770. The molecule has 19 heteroatoms. The highest BCUT2D eigenvalue weighted by molar-refractivity contribution is 7.47. The zero-order valence-electron chi connectivity index (χ0n) is 58.6. The number of hydrogen-bond acceptors (Lipinski definition) is 15. The van der Waals surface area contributed by atoms with Crippen LogP contribution in [-0.2, 0) is 65.4 Å². The first-order chi connectivity index (χ1) is 43.3. The molecule has 0 spiro atoms. The summed E-state index contributed by atoms with van der Waals surface area (Å²) in [5, 5.41) is 10.6. The summed E-state index contributed by atoms with van der Waals surface area (Å²) < 4.78 is 68.3. The van der Waals surface area contributed by atoms with Gasteiger partial charge in [0.1, 0.15) is 19.3 Å². The lowest BCUT2D eigenvalue weighted by molar-refractivity contribution is -0.161. The van der Waals surface area contributed by atoms with Gasteiger partial charge < -0.3 is 33.8 Å². The molecule has 0 bridgehead atoms. The van der Waals surface area contributed by atoms with Gasteiger partial charge in [0, 0.05) is 25.7 Å². The number of unbranched alkanes of at least 4 members (excludes halogenated alkanes) is 35. The van der Waals surface area contributed by atoms with E-state index in [0.717, 1.165) is 114 Å². The Labute approximate surface area is 549 Å². The summed E-state index contributed by atoms with van der Waals surface area (Å²) in [6.45, 7) is 11.8. The van der Waals surface area contributed by atoms with Crippen molar-refractivity contribution in [2.75, 3.05) is 39.6 Å². The second kappa shape index (κ2) is 61.9. The summed E-state index contributed by atoms with van der Waals surface area (Å²) in [7, 11) is -9.90. The smallest absolute Gasteiger partial charge is 0.462 e. The maximum Gasteiger partial charge on any atom is 0.472 e. The molecule has 0 saturated heterocycles. The normalized spacial score (nSPS) is 14.8. The molecule has 3 N–H and O–H groups in total. The number of phosphoric acid groups is 2. The molecule has 0 rings (SSSR count). The molecular formula is C71H138O17P2. The van der Waals surface area contributed by atoms with Gasteiger partial charge in [0.25, 0.3) is 0 Å². The Kier molecular flexibility index (Phi) is 60.6. The number of phosphoric ester groups is 2. The molecular weight excluding hydrogens is 1190 g/mol. The minimum atomic E-state index is -4.95. The van der Waals surface area contributed by atoms with Gasteiger partial charge in [-0.05, 0) is 43.4 Å². The highest BCUT2D eigenvalue weighted by Crippen LogP contribution is 2.45. The van der Waals surface area contributed by atoms with Crippen molar-refractivity contribution in [2.24, 2.45) is 17.8 Å². The third kappa shape index (κ3) is 62.2. The maximum absolute atomic E-state index is 13.0. The fraction of sp³-hybridized carbons (Fsp3) is 0.944. The number of carbonyl (C=O) groups is 4. The average Bonchev–Trinajstić information content (AvgIpc) is 2.82. The lowest BCUT2D eigenvalue weighted by atomic mass is 10.00. The van der Waals surface area contributed by atoms with Crippen LogP contribution in [0.25, 0.3) is 0 Å². The fourth-order valence-corrected chi connectivity index (χ4v) is 12.2. The minimum absolute atomic E-state index is 0.102. The van der Waals surface area contributed by atoms with Crippen LogP contribution in [0.1, 0.15) is 357 Å². The first-order valence-electron chi connectivity index (χ1n) is 36.9. The largest absolute Gasteiger partial charge is 0.472 e. The van der Waals surface area contributed by atoms with E-state index in [2.05, 4.69) is 48.5 Å². The van der Waals surface area contributed by atoms with E-state index < -0.39 is 97.5 Å². The van der Waals surface area contributed by atoms with Crippen LogP contribution in [0.3, 0.4) is 0 Å². The highest BCUT2D eigenvalue weighted by Gasteiger charge is 2.30. The maximum atomic E-state index is 13.0. The minimum Gasteiger partial charge on any atom is -0.462 e. The van der Waals surface area contributed by atoms with E-state index in [9.17, 15) is 43.2 Å². The van der Waals surface area contributed by atoms with E-state index in [1.165, 1.54) is 161 Å². The molecule has 0 saturated carbocycles. The summed E-state index contributed by atoms with van der Waals surface area (Å²) in [6.07, 6.45) is 45.8. The van der Waals surface area contributed by atoms with E-state index in [4.69, 9.17) is 37.0 Å². The van der Waals surface area contributed by atoms with Crippen LogP contribution in [0.15, 0.2) is 0 Å².